The number of anilines is 1. The molecular weight excluding hydrogens is 372 g/mol. The fraction of sp³-hybridized carbons (Fsp3) is 0.611. The van der Waals surface area contributed by atoms with Gasteiger partial charge in [0, 0.05) is 50.5 Å². The molecule has 0 saturated carbocycles. The number of aliphatic imine (C=N–C) groups is 1. The molecule has 1 aromatic rings. The zero-order valence-corrected chi connectivity index (χ0v) is 17.6. The van der Waals surface area contributed by atoms with Crippen molar-refractivity contribution >= 4 is 33.1 Å². The SMILES string of the molecule is CN=C(NCCS(=O)(=O)C(C)(C)C)N1CCN(c2cccc(Cl)c2)CC1. The van der Waals surface area contributed by atoms with Gasteiger partial charge < -0.3 is 15.1 Å². The monoisotopic (exact) mass is 400 g/mol. The summed E-state index contributed by atoms with van der Waals surface area (Å²) in [6, 6.07) is 7.87. The molecule has 26 heavy (non-hydrogen) atoms. The second-order valence-electron chi connectivity index (χ2n) is 7.36. The Bertz CT molecular complexity index is 736. The van der Waals surface area contributed by atoms with Crippen LogP contribution in [0.25, 0.3) is 0 Å². The van der Waals surface area contributed by atoms with Crippen LogP contribution in [0.4, 0.5) is 5.69 Å². The van der Waals surface area contributed by atoms with E-state index in [0.717, 1.165) is 42.8 Å². The molecule has 1 N–H and O–H groups in total. The van der Waals surface area contributed by atoms with Crippen molar-refractivity contribution in [1.82, 2.24) is 10.2 Å². The van der Waals surface area contributed by atoms with Crippen LogP contribution in [0.3, 0.4) is 0 Å². The van der Waals surface area contributed by atoms with Crippen molar-refractivity contribution in [1.29, 1.82) is 0 Å². The largest absolute Gasteiger partial charge is 0.368 e. The Hall–Kier alpha value is -1.47. The van der Waals surface area contributed by atoms with Crippen molar-refractivity contribution in [2.45, 2.75) is 25.5 Å². The summed E-state index contributed by atoms with van der Waals surface area (Å²) in [5.74, 6) is 0.845. The molecule has 0 bridgehead atoms. The lowest BCUT2D eigenvalue weighted by Gasteiger charge is -2.37. The van der Waals surface area contributed by atoms with Crippen LogP contribution in [0.2, 0.25) is 5.02 Å². The summed E-state index contributed by atoms with van der Waals surface area (Å²) in [6.07, 6.45) is 0. The van der Waals surface area contributed by atoms with Crippen LogP contribution in [0.5, 0.6) is 0 Å². The minimum Gasteiger partial charge on any atom is -0.368 e. The summed E-state index contributed by atoms with van der Waals surface area (Å²) >= 11 is 6.08. The number of hydrogen-bond acceptors (Lipinski definition) is 4. The Kier molecular flexibility index (Phi) is 6.80. The van der Waals surface area contributed by atoms with E-state index in [4.69, 9.17) is 11.6 Å². The number of nitrogens with one attached hydrogen (secondary N) is 1. The first-order valence-electron chi connectivity index (χ1n) is 8.82. The fourth-order valence-corrected chi connectivity index (χ4v) is 3.95. The highest BCUT2D eigenvalue weighted by atomic mass is 35.5. The zero-order chi connectivity index (χ0) is 19.4. The van der Waals surface area contributed by atoms with Crippen molar-refractivity contribution in [2.24, 2.45) is 4.99 Å². The second kappa shape index (κ2) is 8.48. The predicted molar refractivity (Wildman–Crippen MR) is 110 cm³/mol. The van der Waals surface area contributed by atoms with Gasteiger partial charge in [0.15, 0.2) is 15.8 Å². The van der Waals surface area contributed by atoms with Gasteiger partial charge in [0.1, 0.15) is 0 Å². The molecule has 8 heteroatoms. The molecule has 2 rings (SSSR count). The minimum atomic E-state index is -3.14. The van der Waals surface area contributed by atoms with Crippen molar-refractivity contribution in [3.05, 3.63) is 29.3 Å². The number of sulfone groups is 1. The zero-order valence-electron chi connectivity index (χ0n) is 16.0. The van der Waals surface area contributed by atoms with Crippen molar-refractivity contribution in [3.8, 4) is 0 Å². The molecule has 0 aromatic heterocycles. The molecule has 1 saturated heterocycles. The minimum absolute atomic E-state index is 0.0952. The number of halogens is 1. The lowest BCUT2D eigenvalue weighted by Crippen LogP contribution is -2.53. The summed E-state index contributed by atoms with van der Waals surface area (Å²) in [6.45, 7) is 8.91. The maximum Gasteiger partial charge on any atom is 0.193 e. The number of hydrogen-bond donors (Lipinski definition) is 1. The van der Waals surface area contributed by atoms with E-state index >= 15 is 0 Å². The molecule has 0 atom stereocenters. The maximum absolute atomic E-state index is 12.2. The Morgan fingerprint density at radius 1 is 1.23 bits per heavy atom. The summed E-state index contributed by atoms with van der Waals surface area (Å²) in [4.78, 5) is 8.75. The number of nitrogens with zero attached hydrogens (tertiary/aromatic N) is 3. The first-order chi connectivity index (χ1) is 12.1. The first-order valence-corrected chi connectivity index (χ1v) is 10.9. The Balaban J connectivity index is 1.87. The third kappa shape index (κ3) is 5.27. The summed E-state index contributed by atoms with van der Waals surface area (Å²) in [7, 11) is -1.41. The van der Waals surface area contributed by atoms with Gasteiger partial charge in [0.25, 0.3) is 0 Å². The molecule has 0 radical (unpaired) electrons. The molecule has 0 spiro atoms. The standard InChI is InChI=1S/C18H29ClN4O2S/c1-18(2,3)26(24,25)13-8-21-17(20-4)23-11-9-22(10-12-23)16-7-5-6-15(19)14-16/h5-7,14H,8-13H2,1-4H3,(H,20,21). The molecule has 0 aliphatic carbocycles. The van der Waals surface area contributed by atoms with Crippen LogP contribution in [0.15, 0.2) is 29.3 Å². The number of rotatable bonds is 4. The Morgan fingerprint density at radius 2 is 1.88 bits per heavy atom. The molecule has 1 aliphatic heterocycles. The van der Waals surface area contributed by atoms with Crippen LogP contribution in [0, 0.1) is 0 Å². The van der Waals surface area contributed by atoms with Crippen LogP contribution < -0.4 is 10.2 Å². The highest BCUT2D eigenvalue weighted by Crippen LogP contribution is 2.21. The van der Waals surface area contributed by atoms with Gasteiger partial charge in [-0.25, -0.2) is 8.42 Å². The van der Waals surface area contributed by atoms with Gasteiger partial charge >= 0.3 is 0 Å². The second-order valence-corrected chi connectivity index (χ2v) is 10.7. The van der Waals surface area contributed by atoms with Crippen LogP contribution >= 0.6 is 11.6 Å². The van der Waals surface area contributed by atoms with E-state index in [-0.39, 0.29) is 5.75 Å². The average molecular weight is 401 g/mol. The third-order valence-corrected chi connectivity index (χ3v) is 7.39. The van der Waals surface area contributed by atoms with E-state index in [9.17, 15) is 8.42 Å². The maximum atomic E-state index is 12.2. The van der Waals surface area contributed by atoms with E-state index in [2.05, 4.69) is 26.2 Å². The molecule has 0 unspecified atom stereocenters. The lowest BCUT2D eigenvalue weighted by atomic mass is 10.2. The van der Waals surface area contributed by atoms with E-state index in [1.165, 1.54) is 0 Å². The Labute approximate surface area is 162 Å². The number of piperazine rings is 1. The number of benzene rings is 1. The predicted octanol–water partition coefficient (Wildman–Crippen LogP) is 2.25. The van der Waals surface area contributed by atoms with Gasteiger partial charge in [-0.15, -0.1) is 0 Å². The highest BCUT2D eigenvalue weighted by Gasteiger charge is 2.28. The highest BCUT2D eigenvalue weighted by molar-refractivity contribution is 7.92. The number of guanidine groups is 1. The van der Waals surface area contributed by atoms with Crippen molar-refractivity contribution < 1.29 is 8.42 Å². The first kappa shape index (κ1) is 20.8. The normalized spacial score (nSPS) is 16.7. The summed E-state index contributed by atoms with van der Waals surface area (Å²) in [5.41, 5.74) is 1.12. The summed E-state index contributed by atoms with van der Waals surface area (Å²) in [5, 5.41) is 3.93. The molecule has 1 fully saturated rings. The topological polar surface area (TPSA) is 65.0 Å². The van der Waals surface area contributed by atoms with Gasteiger partial charge in [-0.2, -0.15) is 0 Å². The fourth-order valence-electron chi connectivity index (χ4n) is 2.78. The molecule has 0 amide bonds. The van der Waals surface area contributed by atoms with Crippen molar-refractivity contribution in [2.75, 3.05) is 50.4 Å². The quantitative estimate of drug-likeness (QED) is 0.620. The molecule has 1 aromatic carbocycles. The van der Waals surface area contributed by atoms with Gasteiger partial charge in [-0.1, -0.05) is 17.7 Å². The molecule has 6 nitrogen and oxygen atoms in total. The Morgan fingerprint density at radius 3 is 2.42 bits per heavy atom. The van der Waals surface area contributed by atoms with Gasteiger partial charge in [-0.05, 0) is 39.0 Å². The smallest absolute Gasteiger partial charge is 0.193 e. The lowest BCUT2D eigenvalue weighted by molar-refractivity contribution is 0.373. The van der Waals surface area contributed by atoms with E-state index < -0.39 is 14.6 Å². The third-order valence-electron chi connectivity index (χ3n) is 4.55. The van der Waals surface area contributed by atoms with Crippen LogP contribution in [-0.4, -0.2) is 69.5 Å². The van der Waals surface area contributed by atoms with Gasteiger partial charge in [-0.3, -0.25) is 4.99 Å². The molecular formula is C18H29ClN4O2S. The average Bonchev–Trinajstić information content (AvgIpc) is 2.58. The van der Waals surface area contributed by atoms with Gasteiger partial charge in [0.05, 0.1) is 10.5 Å². The van der Waals surface area contributed by atoms with E-state index in [0.29, 0.717) is 6.54 Å². The molecule has 1 heterocycles. The van der Waals surface area contributed by atoms with Crippen molar-refractivity contribution in [3.63, 3.8) is 0 Å². The molecule has 146 valence electrons. The summed E-state index contributed by atoms with van der Waals surface area (Å²) < 4.78 is 23.7. The van der Waals surface area contributed by atoms with Gasteiger partial charge in [0.2, 0.25) is 0 Å². The van der Waals surface area contributed by atoms with E-state index in [1.54, 1.807) is 27.8 Å². The van der Waals surface area contributed by atoms with Crippen LogP contribution in [-0.2, 0) is 9.84 Å². The molecule has 1 aliphatic rings. The van der Waals surface area contributed by atoms with E-state index in [1.807, 2.05) is 18.2 Å². The van der Waals surface area contributed by atoms with Crippen LogP contribution in [0.1, 0.15) is 20.8 Å².